The Morgan fingerprint density at radius 2 is 1.22 bits per heavy atom. The number of hydrogen-bond donors (Lipinski definition) is 0. The standard InChI is InChI=1S/C13H11N.C11H11NO/c1-14-12-8-4-2-6-10(12)11-7-3-5-9-13(11)14;1-8-11(9(2)13-12-8)10-6-4-3-5-7-10/h2-9H,1H3;3-7H,1-2H3. The lowest BCUT2D eigenvalue weighted by atomic mass is 10.0. The molecule has 27 heavy (non-hydrogen) atoms. The van der Waals surface area contributed by atoms with Crippen molar-refractivity contribution in [3.05, 3.63) is 90.3 Å². The molecule has 2 heterocycles. The van der Waals surface area contributed by atoms with Gasteiger partial charge in [-0.25, -0.2) is 0 Å². The molecular weight excluding hydrogens is 332 g/mol. The summed E-state index contributed by atoms with van der Waals surface area (Å²) in [7, 11) is 2.12. The van der Waals surface area contributed by atoms with Crippen LogP contribution < -0.4 is 0 Å². The van der Waals surface area contributed by atoms with Gasteiger partial charge in [0.05, 0.1) is 5.69 Å². The Balaban J connectivity index is 0.000000134. The second-order valence-corrected chi connectivity index (χ2v) is 6.66. The molecule has 0 unspecified atom stereocenters. The van der Waals surface area contributed by atoms with Crippen LogP contribution in [-0.2, 0) is 7.05 Å². The molecule has 0 saturated carbocycles. The molecule has 0 aliphatic heterocycles. The molecule has 3 nitrogen and oxygen atoms in total. The average Bonchev–Trinajstić information content (AvgIpc) is 3.21. The zero-order valence-electron chi connectivity index (χ0n) is 15.8. The minimum Gasteiger partial charge on any atom is -0.361 e. The molecule has 0 radical (unpaired) electrons. The largest absolute Gasteiger partial charge is 0.361 e. The van der Waals surface area contributed by atoms with Gasteiger partial charge in [-0.15, -0.1) is 0 Å². The van der Waals surface area contributed by atoms with Crippen molar-refractivity contribution in [2.45, 2.75) is 13.8 Å². The maximum absolute atomic E-state index is 5.10. The van der Waals surface area contributed by atoms with Crippen molar-refractivity contribution in [2.24, 2.45) is 7.05 Å². The van der Waals surface area contributed by atoms with Crippen LogP contribution in [0, 0.1) is 13.8 Å². The van der Waals surface area contributed by atoms with E-state index in [2.05, 4.69) is 77.4 Å². The summed E-state index contributed by atoms with van der Waals surface area (Å²) in [5.41, 5.74) is 5.82. The van der Waals surface area contributed by atoms with Crippen LogP contribution in [0.15, 0.2) is 83.4 Å². The van der Waals surface area contributed by atoms with Crippen molar-refractivity contribution >= 4 is 21.8 Å². The SMILES string of the molecule is Cc1noc(C)c1-c1ccccc1.Cn1c2ccccc2c2ccccc21. The highest BCUT2D eigenvalue weighted by Gasteiger charge is 2.09. The molecule has 5 aromatic rings. The molecule has 0 aliphatic rings. The highest BCUT2D eigenvalue weighted by molar-refractivity contribution is 6.07. The highest BCUT2D eigenvalue weighted by atomic mass is 16.5. The van der Waals surface area contributed by atoms with Gasteiger partial charge < -0.3 is 9.09 Å². The van der Waals surface area contributed by atoms with E-state index < -0.39 is 0 Å². The van der Waals surface area contributed by atoms with E-state index in [9.17, 15) is 0 Å². The zero-order chi connectivity index (χ0) is 18.8. The highest BCUT2D eigenvalue weighted by Crippen LogP contribution is 2.27. The molecule has 0 N–H and O–H groups in total. The molecule has 134 valence electrons. The topological polar surface area (TPSA) is 31.0 Å². The second-order valence-electron chi connectivity index (χ2n) is 6.66. The third-order valence-electron chi connectivity index (χ3n) is 4.92. The van der Waals surface area contributed by atoms with E-state index >= 15 is 0 Å². The minimum atomic E-state index is 0.878. The van der Waals surface area contributed by atoms with Crippen LogP contribution in [-0.4, -0.2) is 9.72 Å². The first-order chi connectivity index (χ1) is 13.2. The number of aromatic nitrogens is 2. The Kier molecular flexibility index (Phi) is 4.51. The van der Waals surface area contributed by atoms with Crippen molar-refractivity contribution < 1.29 is 4.52 Å². The summed E-state index contributed by atoms with van der Waals surface area (Å²) in [6, 6.07) is 27.2. The number of benzene rings is 3. The van der Waals surface area contributed by atoms with Crippen LogP contribution >= 0.6 is 0 Å². The third kappa shape index (κ3) is 3.13. The maximum atomic E-state index is 5.10. The number of hydrogen-bond acceptors (Lipinski definition) is 2. The molecule has 5 rings (SSSR count). The third-order valence-corrected chi connectivity index (χ3v) is 4.92. The Labute approximate surface area is 158 Å². The van der Waals surface area contributed by atoms with Crippen LogP contribution in [0.1, 0.15) is 11.5 Å². The lowest BCUT2D eigenvalue weighted by Gasteiger charge is -1.97. The van der Waals surface area contributed by atoms with Gasteiger partial charge in [0.1, 0.15) is 5.76 Å². The molecular formula is C24H22N2O. The quantitative estimate of drug-likeness (QED) is 0.354. The van der Waals surface area contributed by atoms with E-state index in [0.29, 0.717) is 0 Å². The monoisotopic (exact) mass is 354 g/mol. The van der Waals surface area contributed by atoms with E-state index in [1.165, 1.54) is 27.4 Å². The number of rotatable bonds is 1. The van der Waals surface area contributed by atoms with Crippen molar-refractivity contribution in [1.29, 1.82) is 0 Å². The van der Waals surface area contributed by atoms with E-state index in [0.717, 1.165) is 17.0 Å². The Morgan fingerprint density at radius 3 is 1.74 bits per heavy atom. The molecule has 0 bridgehead atoms. The fraction of sp³-hybridized carbons (Fsp3) is 0.125. The van der Waals surface area contributed by atoms with Gasteiger partial charge in [0.2, 0.25) is 0 Å². The molecule has 0 atom stereocenters. The first kappa shape index (κ1) is 17.1. The van der Waals surface area contributed by atoms with Gasteiger partial charge in [0.15, 0.2) is 0 Å². The van der Waals surface area contributed by atoms with Crippen LogP contribution in [0.5, 0.6) is 0 Å². The lowest BCUT2D eigenvalue weighted by molar-refractivity contribution is 0.393. The number of aryl methyl sites for hydroxylation is 3. The van der Waals surface area contributed by atoms with Crippen molar-refractivity contribution in [2.75, 3.05) is 0 Å². The van der Waals surface area contributed by atoms with Gasteiger partial charge in [-0.2, -0.15) is 0 Å². The predicted molar refractivity (Wildman–Crippen MR) is 112 cm³/mol. The smallest absolute Gasteiger partial charge is 0.141 e. The molecule has 0 saturated heterocycles. The van der Waals surface area contributed by atoms with E-state index in [1.807, 2.05) is 32.0 Å². The van der Waals surface area contributed by atoms with Crippen molar-refractivity contribution in [1.82, 2.24) is 9.72 Å². The summed E-state index contributed by atoms with van der Waals surface area (Å²) in [5, 5.41) is 6.59. The summed E-state index contributed by atoms with van der Waals surface area (Å²) in [5.74, 6) is 0.878. The first-order valence-corrected chi connectivity index (χ1v) is 9.07. The normalized spacial score (nSPS) is 10.8. The fourth-order valence-electron chi connectivity index (χ4n) is 3.62. The zero-order valence-corrected chi connectivity index (χ0v) is 15.8. The van der Waals surface area contributed by atoms with Crippen LogP contribution in [0.3, 0.4) is 0 Å². The molecule has 3 heteroatoms. The molecule has 0 amide bonds. The van der Waals surface area contributed by atoms with E-state index in [4.69, 9.17) is 4.52 Å². The van der Waals surface area contributed by atoms with Gasteiger partial charge >= 0.3 is 0 Å². The van der Waals surface area contributed by atoms with Gasteiger partial charge in [-0.05, 0) is 31.5 Å². The van der Waals surface area contributed by atoms with Gasteiger partial charge in [0.25, 0.3) is 0 Å². The first-order valence-electron chi connectivity index (χ1n) is 9.07. The summed E-state index contributed by atoms with van der Waals surface area (Å²) < 4.78 is 7.34. The molecule has 0 aliphatic carbocycles. The molecule has 0 fully saturated rings. The number of para-hydroxylation sites is 2. The van der Waals surface area contributed by atoms with Crippen LogP contribution in [0.4, 0.5) is 0 Å². The maximum Gasteiger partial charge on any atom is 0.141 e. The summed E-state index contributed by atoms with van der Waals surface area (Å²) in [6.45, 7) is 3.89. The predicted octanol–water partition coefficient (Wildman–Crippen LogP) is 6.29. The number of nitrogens with zero attached hydrogens (tertiary/aromatic N) is 2. The Bertz CT molecular complexity index is 1130. The van der Waals surface area contributed by atoms with E-state index in [1.54, 1.807) is 0 Å². The van der Waals surface area contributed by atoms with Crippen LogP contribution in [0.2, 0.25) is 0 Å². The lowest BCUT2D eigenvalue weighted by Crippen LogP contribution is -1.84. The molecule has 3 aromatic carbocycles. The van der Waals surface area contributed by atoms with Gasteiger partial charge in [-0.1, -0.05) is 71.9 Å². The van der Waals surface area contributed by atoms with Gasteiger partial charge in [-0.3, -0.25) is 0 Å². The summed E-state index contributed by atoms with van der Waals surface area (Å²) >= 11 is 0. The van der Waals surface area contributed by atoms with Crippen LogP contribution in [0.25, 0.3) is 32.9 Å². The van der Waals surface area contributed by atoms with Gasteiger partial charge in [0, 0.05) is 34.4 Å². The fourth-order valence-corrected chi connectivity index (χ4v) is 3.62. The second kappa shape index (κ2) is 7.12. The summed E-state index contributed by atoms with van der Waals surface area (Å²) in [4.78, 5) is 0. The van der Waals surface area contributed by atoms with Crippen molar-refractivity contribution in [3.8, 4) is 11.1 Å². The Morgan fingerprint density at radius 1 is 0.704 bits per heavy atom. The number of fused-ring (bicyclic) bond motifs is 3. The molecule has 2 aromatic heterocycles. The molecule has 0 spiro atoms. The van der Waals surface area contributed by atoms with E-state index in [-0.39, 0.29) is 0 Å². The minimum absolute atomic E-state index is 0.878. The summed E-state index contributed by atoms with van der Waals surface area (Å²) in [6.07, 6.45) is 0. The Hall–Kier alpha value is -3.33. The average molecular weight is 354 g/mol. The van der Waals surface area contributed by atoms with Crippen molar-refractivity contribution in [3.63, 3.8) is 0 Å².